The lowest BCUT2D eigenvalue weighted by Crippen LogP contribution is -2.18. The third-order valence-electron chi connectivity index (χ3n) is 3.60. The van der Waals surface area contributed by atoms with Gasteiger partial charge in [-0.15, -0.1) is 0 Å². The summed E-state index contributed by atoms with van der Waals surface area (Å²) in [5.41, 5.74) is 2.43. The van der Waals surface area contributed by atoms with Gasteiger partial charge in [0.25, 0.3) is 5.56 Å². The minimum Gasteiger partial charge on any atom is -0.384 e. The fourth-order valence-corrected chi connectivity index (χ4v) is 2.26. The molecule has 2 aromatic rings. The second-order valence-corrected chi connectivity index (χ2v) is 5.07. The van der Waals surface area contributed by atoms with Crippen molar-refractivity contribution >= 4 is 5.69 Å². The first-order valence-corrected chi connectivity index (χ1v) is 7.20. The molecule has 0 aliphatic carbocycles. The zero-order valence-electron chi connectivity index (χ0n) is 12.2. The van der Waals surface area contributed by atoms with Gasteiger partial charge in [0.2, 0.25) is 0 Å². The minimum absolute atomic E-state index is 0.0516. The van der Waals surface area contributed by atoms with E-state index < -0.39 is 0 Å². The van der Waals surface area contributed by atoms with Gasteiger partial charge in [-0.2, -0.15) is 0 Å². The maximum absolute atomic E-state index is 11.5. The average Bonchev–Trinajstić information content (AvgIpc) is 2.49. The van der Waals surface area contributed by atoms with E-state index in [1.807, 2.05) is 25.3 Å². The zero-order valence-corrected chi connectivity index (χ0v) is 12.2. The molecule has 0 saturated carbocycles. The Bertz CT molecular complexity index is 589. The maximum Gasteiger partial charge on any atom is 0.250 e. The second kappa shape index (κ2) is 6.94. The molecular weight excluding hydrogens is 248 g/mol. The Labute approximate surface area is 120 Å². The molecule has 1 aromatic heterocycles. The van der Waals surface area contributed by atoms with Gasteiger partial charge in [0.05, 0.1) is 5.69 Å². The van der Waals surface area contributed by atoms with Crippen LogP contribution in [0.15, 0.2) is 53.5 Å². The van der Waals surface area contributed by atoms with Crippen LogP contribution in [0.1, 0.15) is 31.7 Å². The lowest BCUT2D eigenvalue weighted by Gasteiger charge is -2.13. The highest BCUT2D eigenvalue weighted by Gasteiger charge is 2.04. The molecule has 1 unspecified atom stereocenters. The first-order valence-electron chi connectivity index (χ1n) is 7.20. The Balaban J connectivity index is 1.88. The molecule has 0 aliphatic rings. The number of nitrogens with zero attached hydrogens (tertiary/aromatic N) is 1. The van der Waals surface area contributed by atoms with Crippen LogP contribution in [0.4, 0.5) is 5.69 Å². The van der Waals surface area contributed by atoms with Gasteiger partial charge >= 0.3 is 0 Å². The Kier molecular flexibility index (Phi) is 4.99. The predicted octanol–water partition coefficient (Wildman–Crippen LogP) is 3.47. The maximum atomic E-state index is 11.5. The van der Waals surface area contributed by atoms with E-state index in [0.29, 0.717) is 12.5 Å². The second-order valence-electron chi connectivity index (χ2n) is 5.07. The summed E-state index contributed by atoms with van der Waals surface area (Å²) in [6, 6.07) is 14.0. The van der Waals surface area contributed by atoms with E-state index in [0.717, 1.165) is 18.7 Å². The molecule has 0 aliphatic heterocycles. The van der Waals surface area contributed by atoms with Gasteiger partial charge in [-0.25, -0.2) is 0 Å². The molecule has 1 N–H and O–H groups in total. The van der Waals surface area contributed by atoms with E-state index in [4.69, 9.17) is 0 Å². The summed E-state index contributed by atoms with van der Waals surface area (Å²) in [4.78, 5) is 11.5. The molecule has 106 valence electrons. The Morgan fingerprint density at radius 1 is 1.15 bits per heavy atom. The molecular formula is C17H22N2O. The van der Waals surface area contributed by atoms with Crippen molar-refractivity contribution in [3.05, 3.63) is 64.6 Å². The Hall–Kier alpha value is -2.03. The van der Waals surface area contributed by atoms with Crippen molar-refractivity contribution in [1.82, 2.24) is 4.57 Å². The molecule has 0 amide bonds. The van der Waals surface area contributed by atoms with Crippen LogP contribution in [-0.4, -0.2) is 11.1 Å². The van der Waals surface area contributed by atoms with Crippen molar-refractivity contribution in [1.29, 1.82) is 0 Å². The predicted molar refractivity (Wildman–Crippen MR) is 84.3 cm³/mol. The van der Waals surface area contributed by atoms with Gasteiger partial charge in [0, 0.05) is 25.4 Å². The monoisotopic (exact) mass is 270 g/mol. The van der Waals surface area contributed by atoms with Crippen LogP contribution in [0.3, 0.4) is 0 Å². The third kappa shape index (κ3) is 3.73. The van der Waals surface area contributed by atoms with E-state index in [1.54, 1.807) is 10.6 Å². The highest BCUT2D eigenvalue weighted by molar-refractivity contribution is 5.40. The summed E-state index contributed by atoms with van der Waals surface area (Å²) in [6.07, 6.45) is 2.95. The van der Waals surface area contributed by atoms with Gasteiger partial charge < -0.3 is 9.88 Å². The zero-order chi connectivity index (χ0) is 14.4. The first kappa shape index (κ1) is 14.4. The molecule has 0 radical (unpaired) electrons. The van der Waals surface area contributed by atoms with Gasteiger partial charge in [-0.05, 0) is 30.9 Å². The van der Waals surface area contributed by atoms with Crippen molar-refractivity contribution in [3.8, 4) is 0 Å². The van der Waals surface area contributed by atoms with Crippen molar-refractivity contribution < 1.29 is 0 Å². The highest BCUT2D eigenvalue weighted by Crippen LogP contribution is 2.18. The number of anilines is 1. The quantitative estimate of drug-likeness (QED) is 0.872. The molecule has 20 heavy (non-hydrogen) atoms. The van der Waals surface area contributed by atoms with E-state index in [-0.39, 0.29) is 5.56 Å². The Morgan fingerprint density at radius 3 is 2.60 bits per heavy atom. The normalized spacial score (nSPS) is 12.1. The highest BCUT2D eigenvalue weighted by atomic mass is 16.1. The number of aryl methyl sites for hydroxylation is 1. The largest absolute Gasteiger partial charge is 0.384 e. The summed E-state index contributed by atoms with van der Waals surface area (Å²) >= 11 is 0. The smallest absolute Gasteiger partial charge is 0.250 e. The minimum atomic E-state index is 0.0516. The molecule has 3 nitrogen and oxygen atoms in total. The number of rotatable bonds is 6. The van der Waals surface area contributed by atoms with Crippen LogP contribution in [-0.2, 0) is 6.54 Å². The average molecular weight is 270 g/mol. The fourth-order valence-electron chi connectivity index (χ4n) is 2.26. The van der Waals surface area contributed by atoms with Gasteiger partial charge in [0.15, 0.2) is 0 Å². The lowest BCUT2D eigenvalue weighted by atomic mass is 9.98. The molecule has 2 rings (SSSR count). The van der Waals surface area contributed by atoms with Crippen LogP contribution in [0.2, 0.25) is 0 Å². The van der Waals surface area contributed by atoms with Gasteiger partial charge in [0.1, 0.15) is 0 Å². The Morgan fingerprint density at radius 2 is 1.90 bits per heavy atom. The molecule has 0 spiro atoms. The van der Waals surface area contributed by atoms with E-state index >= 15 is 0 Å². The van der Waals surface area contributed by atoms with Crippen LogP contribution < -0.4 is 10.9 Å². The molecule has 1 atom stereocenters. The van der Waals surface area contributed by atoms with E-state index in [2.05, 4.69) is 36.5 Å². The van der Waals surface area contributed by atoms with Crippen LogP contribution in [0.5, 0.6) is 0 Å². The fraction of sp³-hybridized carbons (Fsp3) is 0.353. The van der Waals surface area contributed by atoms with Crippen LogP contribution in [0, 0.1) is 0 Å². The molecule has 0 bridgehead atoms. The summed E-state index contributed by atoms with van der Waals surface area (Å²) in [5.74, 6) is 0.529. The topological polar surface area (TPSA) is 34.0 Å². The van der Waals surface area contributed by atoms with Crippen molar-refractivity contribution in [3.63, 3.8) is 0 Å². The van der Waals surface area contributed by atoms with Gasteiger partial charge in [-0.3, -0.25) is 4.79 Å². The lowest BCUT2D eigenvalue weighted by molar-refractivity contribution is 0.701. The number of aromatic nitrogens is 1. The molecule has 3 heteroatoms. The molecule has 1 aromatic carbocycles. The summed E-state index contributed by atoms with van der Waals surface area (Å²) in [5, 5.41) is 3.39. The SMILES string of the molecule is CCn1cc(NCCC(C)c2ccccc2)ccc1=O. The summed E-state index contributed by atoms with van der Waals surface area (Å²) in [7, 11) is 0. The number of pyridine rings is 1. The summed E-state index contributed by atoms with van der Waals surface area (Å²) in [6.45, 7) is 5.82. The number of benzene rings is 1. The third-order valence-corrected chi connectivity index (χ3v) is 3.60. The number of hydrogen-bond acceptors (Lipinski definition) is 2. The van der Waals surface area contributed by atoms with Crippen molar-refractivity contribution in [2.75, 3.05) is 11.9 Å². The molecule has 1 heterocycles. The first-order chi connectivity index (χ1) is 9.70. The van der Waals surface area contributed by atoms with Crippen LogP contribution >= 0.6 is 0 Å². The summed E-state index contributed by atoms with van der Waals surface area (Å²) < 4.78 is 1.71. The molecule has 0 fully saturated rings. The number of nitrogens with one attached hydrogen (secondary N) is 1. The van der Waals surface area contributed by atoms with Crippen molar-refractivity contribution in [2.45, 2.75) is 32.7 Å². The molecule has 0 saturated heterocycles. The van der Waals surface area contributed by atoms with E-state index in [1.165, 1.54) is 5.56 Å². The standard InChI is InChI=1S/C17H22N2O/c1-3-19-13-16(9-10-17(19)20)18-12-11-14(2)15-7-5-4-6-8-15/h4-10,13-14,18H,3,11-12H2,1-2H3. The number of hydrogen-bond donors (Lipinski definition) is 1. The van der Waals surface area contributed by atoms with Crippen LogP contribution in [0.25, 0.3) is 0 Å². The van der Waals surface area contributed by atoms with Gasteiger partial charge in [-0.1, -0.05) is 37.3 Å². The van der Waals surface area contributed by atoms with Crippen molar-refractivity contribution in [2.24, 2.45) is 0 Å². The van der Waals surface area contributed by atoms with E-state index in [9.17, 15) is 4.79 Å².